The zero-order valence-corrected chi connectivity index (χ0v) is 11.3. The zero-order valence-electron chi connectivity index (χ0n) is 11.3. The lowest BCUT2D eigenvalue weighted by atomic mass is 9.98. The van der Waals surface area contributed by atoms with E-state index in [9.17, 15) is 4.79 Å². The Kier molecular flexibility index (Phi) is 3.33. The first-order valence-corrected chi connectivity index (χ1v) is 6.47. The van der Waals surface area contributed by atoms with E-state index in [4.69, 9.17) is 5.11 Å². The molecule has 0 heterocycles. The molecule has 0 bridgehead atoms. The fourth-order valence-corrected chi connectivity index (χ4v) is 2.32. The molecule has 1 aromatic rings. The molecule has 1 aliphatic carbocycles. The van der Waals surface area contributed by atoms with Crippen LogP contribution < -0.4 is 4.90 Å². The van der Waals surface area contributed by atoms with E-state index in [0.717, 1.165) is 5.69 Å². The second kappa shape index (κ2) is 4.63. The number of anilines is 1. The van der Waals surface area contributed by atoms with E-state index >= 15 is 0 Å². The van der Waals surface area contributed by atoms with E-state index in [1.807, 2.05) is 36.1 Å². The van der Waals surface area contributed by atoms with Gasteiger partial charge in [-0.3, -0.25) is 4.79 Å². The van der Waals surface area contributed by atoms with E-state index in [1.165, 1.54) is 18.4 Å². The van der Waals surface area contributed by atoms with Crippen molar-refractivity contribution in [2.45, 2.75) is 39.7 Å². The van der Waals surface area contributed by atoms with Crippen molar-refractivity contribution in [1.29, 1.82) is 0 Å². The van der Waals surface area contributed by atoms with Crippen LogP contribution in [0, 0.1) is 12.3 Å². The summed E-state index contributed by atoms with van der Waals surface area (Å²) >= 11 is 0. The number of hydrogen-bond donors (Lipinski definition) is 1. The molecule has 1 unspecified atom stereocenters. The van der Waals surface area contributed by atoms with Gasteiger partial charge in [-0.15, -0.1) is 0 Å². The molecule has 1 atom stereocenters. The van der Waals surface area contributed by atoms with Crippen LogP contribution in [0.15, 0.2) is 24.3 Å². The Morgan fingerprint density at radius 3 is 2.39 bits per heavy atom. The van der Waals surface area contributed by atoms with Crippen molar-refractivity contribution in [2.24, 2.45) is 5.41 Å². The van der Waals surface area contributed by atoms with Crippen molar-refractivity contribution >= 4 is 11.7 Å². The van der Waals surface area contributed by atoms with E-state index in [-0.39, 0.29) is 18.0 Å². The quantitative estimate of drug-likeness (QED) is 0.869. The zero-order chi connectivity index (χ0) is 13.3. The minimum Gasteiger partial charge on any atom is -0.480 e. The molecule has 1 aromatic carbocycles. The first kappa shape index (κ1) is 12.9. The highest BCUT2D eigenvalue weighted by Crippen LogP contribution is 2.50. The highest BCUT2D eigenvalue weighted by Gasteiger charge is 2.45. The summed E-state index contributed by atoms with van der Waals surface area (Å²) in [7, 11) is 0. The summed E-state index contributed by atoms with van der Waals surface area (Å²) in [6, 6.07) is 8.36. The van der Waals surface area contributed by atoms with Gasteiger partial charge in [-0.25, -0.2) is 0 Å². The maximum Gasteiger partial charge on any atom is 0.323 e. The molecular formula is C15H21NO2. The Morgan fingerprint density at radius 1 is 1.39 bits per heavy atom. The number of nitrogens with zero attached hydrogens (tertiary/aromatic N) is 1. The SMILES string of the molecule is Cc1ccc(N(CC(=O)O)C(C)C2(C)CC2)cc1. The van der Waals surface area contributed by atoms with Crippen molar-refractivity contribution in [3.63, 3.8) is 0 Å². The van der Waals surface area contributed by atoms with Crippen molar-refractivity contribution in [1.82, 2.24) is 0 Å². The van der Waals surface area contributed by atoms with Gasteiger partial charge in [-0.1, -0.05) is 24.6 Å². The number of hydrogen-bond acceptors (Lipinski definition) is 2. The predicted octanol–water partition coefficient (Wildman–Crippen LogP) is 3.07. The maximum absolute atomic E-state index is 11.1. The third kappa shape index (κ3) is 2.66. The van der Waals surface area contributed by atoms with Gasteiger partial charge in [0.1, 0.15) is 6.54 Å². The Hall–Kier alpha value is -1.51. The summed E-state index contributed by atoms with van der Waals surface area (Å²) in [5.41, 5.74) is 2.48. The first-order chi connectivity index (χ1) is 8.42. The fraction of sp³-hybridized carbons (Fsp3) is 0.533. The lowest BCUT2D eigenvalue weighted by Crippen LogP contribution is -2.42. The number of carboxylic acids is 1. The molecule has 3 heteroatoms. The van der Waals surface area contributed by atoms with Gasteiger partial charge in [-0.2, -0.15) is 0 Å². The van der Waals surface area contributed by atoms with Gasteiger partial charge in [0.2, 0.25) is 0 Å². The van der Waals surface area contributed by atoms with E-state index < -0.39 is 5.97 Å². The van der Waals surface area contributed by atoms with Crippen molar-refractivity contribution in [3.05, 3.63) is 29.8 Å². The second-order valence-electron chi connectivity index (χ2n) is 5.69. The van der Waals surface area contributed by atoms with Gasteiger partial charge in [-0.05, 0) is 44.2 Å². The smallest absolute Gasteiger partial charge is 0.323 e. The average Bonchev–Trinajstić information content (AvgIpc) is 3.06. The van der Waals surface area contributed by atoms with E-state index in [0.29, 0.717) is 0 Å². The van der Waals surface area contributed by atoms with Crippen LogP contribution in [-0.4, -0.2) is 23.7 Å². The van der Waals surface area contributed by atoms with Crippen LogP contribution in [0.2, 0.25) is 0 Å². The monoisotopic (exact) mass is 247 g/mol. The van der Waals surface area contributed by atoms with Crippen LogP contribution in [0.25, 0.3) is 0 Å². The Labute approximate surface area is 108 Å². The van der Waals surface area contributed by atoms with Crippen LogP contribution in [0.3, 0.4) is 0 Å². The average molecular weight is 247 g/mol. The normalized spacial score (nSPS) is 18.2. The molecule has 1 saturated carbocycles. The van der Waals surface area contributed by atoms with Crippen LogP contribution in [0.4, 0.5) is 5.69 Å². The molecule has 2 rings (SSSR count). The molecule has 18 heavy (non-hydrogen) atoms. The molecule has 0 radical (unpaired) electrons. The fourth-order valence-electron chi connectivity index (χ4n) is 2.32. The van der Waals surface area contributed by atoms with Crippen LogP contribution >= 0.6 is 0 Å². The lowest BCUT2D eigenvalue weighted by molar-refractivity contribution is -0.135. The molecular weight excluding hydrogens is 226 g/mol. The number of rotatable bonds is 5. The summed E-state index contributed by atoms with van der Waals surface area (Å²) in [4.78, 5) is 13.1. The molecule has 0 aromatic heterocycles. The Morgan fingerprint density at radius 2 is 1.94 bits per heavy atom. The summed E-state index contributed by atoms with van der Waals surface area (Å²) in [5, 5.41) is 9.09. The molecule has 1 N–H and O–H groups in total. The first-order valence-electron chi connectivity index (χ1n) is 6.47. The summed E-state index contributed by atoms with van der Waals surface area (Å²) in [5.74, 6) is -0.772. The third-order valence-electron chi connectivity index (χ3n) is 4.19. The summed E-state index contributed by atoms with van der Waals surface area (Å²) in [6.07, 6.45) is 2.38. The molecule has 0 saturated heterocycles. The molecule has 1 fully saturated rings. The summed E-state index contributed by atoms with van der Waals surface area (Å²) in [6.45, 7) is 6.48. The molecule has 0 spiro atoms. The maximum atomic E-state index is 11.1. The molecule has 1 aliphatic rings. The van der Waals surface area contributed by atoms with Gasteiger partial charge in [0.25, 0.3) is 0 Å². The Bertz CT molecular complexity index is 434. The van der Waals surface area contributed by atoms with Crippen LogP contribution in [-0.2, 0) is 4.79 Å². The number of benzene rings is 1. The van der Waals surface area contributed by atoms with E-state index in [2.05, 4.69) is 13.8 Å². The number of carbonyl (C=O) groups is 1. The third-order valence-corrected chi connectivity index (χ3v) is 4.19. The Balaban J connectivity index is 2.24. The minimum atomic E-state index is -0.772. The van der Waals surface area contributed by atoms with Gasteiger partial charge in [0.05, 0.1) is 0 Å². The van der Waals surface area contributed by atoms with Gasteiger partial charge in [0, 0.05) is 11.7 Å². The number of aryl methyl sites for hydroxylation is 1. The number of aliphatic carboxylic acids is 1. The standard InChI is InChI=1S/C15H21NO2/c1-11-4-6-13(7-5-11)16(10-14(17)18)12(2)15(3)8-9-15/h4-7,12H,8-10H2,1-3H3,(H,17,18). The van der Waals surface area contributed by atoms with Crippen molar-refractivity contribution < 1.29 is 9.90 Å². The minimum absolute atomic E-state index is 0.0693. The lowest BCUT2D eigenvalue weighted by Gasteiger charge is -2.34. The highest BCUT2D eigenvalue weighted by atomic mass is 16.4. The predicted molar refractivity (Wildman–Crippen MR) is 73.0 cm³/mol. The van der Waals surface area contributed by atoms with Crippen LogP contribution in [0.5, 0.6) is 0 Å². The van der Waals surface area contributed by atoms with Crippen LogP contribution in [0.1, 0.15) is 32.3 Å². The van der Waals surface area contributed by atoms with Gasteiger partial charge in [0.15, 0.2) is 0 Å². The number of carboxylic acid groups (broad SMARTS) is 1. The highest BCUT2D eigenvalue weighted by molar-refractivity contribution is 5.74. The summed E-state index contributed by atoms with van der Waals surface area (Å²) < 4.78 is 0. The van der Waals surface area contributed by atoms with E-state index in [1.54, 1.807) is 0 Å². The largest absolute Gasteiger partial charge is 0.480 e. The topological polar surface area (TPSA) is 40.5 Å². The molecule has 3 nitrogen and oxygen atoms in total. The van der Waals surface area contributed by atoms with Crippen molar-refractivity contribution in [2.75, 3.05) is 11.4 Å². The molecule has 0 aliphatic heterocycles. The van der Waals surface area contributed by atoms with Gasteiger partial charge < -0.3 is 10.0 Å². The molecule has 0 amide bonds. The van der Waals surface area contributed by atoms with Gasteiger partial charge >= 0.3 is 5.97 Å². The van der Waals surface area contributed by atoms with Crippen molar-refractivity contribution in [3.8, 4) is 0 Å². The molecule has 98 valence electrons. The second-order valence-corrected chi connectivity index (χ2v) is 5.69.